The van der Waals surface area contributed by atoms with E-state index in [0.29, 0.717) is 13.2 Å². The Bertz CT molecular complexity index is 537. The van der Waals surface area contributed by atoms with E-state index in [9.17, 15) is 9.90 Å². The Morgan fingerprint density at radius 1 is 1.52 bits per heavy atom. The third kappa shape index (κ3) is 3.43. The van der Waals surface area contributed by atoms with Gasteiger partial charge in [-0.1, -0.05) is 12.8 Å². The predicted octanol–water partition coefficient (Wildman–Crippen LogP) is 1.56. The minimum atomic E-state index is -0.257. The van der Waals surface area contributed by atoms with Crippen LogP contribution in [0.1, 0.15) is 50.5 Å². The van der Waals surface area contributed by atoms with E-state index in [0.717, 1.165) is 31.5 Å². The van der Waals surface area contributed by atoms with Gasteiger partial charge in [0.2, 0.25) is 5.91 Å². The molecule has 1 aliphatic carbocycles. The zero-order valence-corrected chi connectivity index (χ0v) is 13.8. The molecule has 2 N–H and O–H groups in total. The van der Waals surface area contributed by atoms with E-state index in [1.165, 1.54) is 12.8 Å². The zero-order chi connectivity index (χ0) is 16.3. The number of nitrogens with one attached hydrogen (secondary N) is 1. The fourth-order valence-electron chi connectivity index (χ4n) is 4.05. The molecule has 6 nitrogen and oxygen atoms in total. The van der Waals surface area contributed by atoms with Crippen LogP contribution < -0.4 is 5.32 Å². The summed E-state index contributed by atoms with van der Waals surface area (Å²) in [5.74, 6) is 0.692. The fourth-order valence-corrected chi connectivity index (χ4v) is 4.05. The number of hydrogen-bond donors (Lipinski definition) is 2. The van der Waals surface area contributed by atoms with Gasteiger partial charge in [-0.2, -0.15) is 0 Å². The molecule has 0 unspecified atom stereocenters. The molecule has 1 amide bonds. The number of amides is 1. The second-order valence-electron chi connectivity index (χ2n) is 6.98. The molecule has 6 heteroatoms. The molecule has 0 bridgehead atoms. The number of aliphatic hydroxyl groups excluding tert-OH is 1. The van der Waals surface area contributed by atoms with Crippen LogP contribution in [0.5, 0.6) is 0 Å². The highest BCUT2D eigenvalue weighted by molar-refractivity contribution is 5.79. The second kappa shape index (κ2) is 7.01. The summed E-state index contributed by atoms with van der Waals surface area (Å²) in [6.07, 6.45) is 9.44. The van der Waals surface area contributed by atoms with Crippen molar-refractivity contribution in [2.75, 3.05) is 19.8 Å². The fraction of sp³-hybridized carbons (Fsp3) is 0.765. The van der Waals surface area contributed by atoms with Crippen molar-refractivity contribution in [2.45, 2.75) is 44.6 Å². The molecule has 0 spiro atoms. The van der Waals surface area contributed by atoms with Gasteiger partial charge in [-0.15, -0.1) is 0 Å². The van der Waals surface area contributed by atoms with Gasteiger partial charge in [0.05, 0.1) is 5.92 Å². The van der Waals surface area contributed by atoms with Crippen LogP contribution in [-0.4, -0.2) is 40.3 Å². The van der Waals surface area contributed by atoms with Gasteiger partial charge in [0, 0.05) is 39.2 Å². The van der Waals surface area contributed by atoms with Crippen LogP contribution in [0.4, 0.5) is 0 Å². The Kier molecular flexibility index (Phi) is 5.02. The Balaban J connectivity index is 1.62. The van der Waals surface area contributed by atoms with Gasteiger partial charge in [-0.05, 0) is 31.1 Å². The number of ether oxygens (including phenoxy) is 1. The Morgan fingerprint density at radius 2 is 2.30 bits per heavy atom. The monoisotopic (exact) mass is 321 g/mol. The average Bonchev–Trinajstić information content (AvgIpc) is 3.25. The lowest BCUT2D eigenvalue weighted by Gasteiger charge is -2.29. The summed E-state index contributed by atoms with van der Waals surface area (Å²) in [4.78, 5) is 17.0. The second-order valence-corrected chi connectivity index (χ2v) is 6.98. The van der Waals surface area contributed by atoms with Crippen LogP contribution >= 0.6 is 0 Å². The van der Waals surface area contributed by atoms with Crippen LogP contribution in [-0.2, 0) is 16.6 Å². The van der Waals surface area contributed by atoms with Gasteiger partial charge in [-0.25, -0.2) is 4.98 Å². The summed E-state index contributed by atoms with van der Waals surface area (Å²) >= 11 is 0. The minimum Gasteiger partial charge on any atom is -0.396 e. The molecular formula is C17H27N3O3. The van der Waals surface area contributed by atoms with Crippen molar-refractivity contribution in [3.8, 4) is 0 Å². The lowest BCUT2D eigenvalue weighted by atomic mass is 9.82. The van der Waals surface area contributed by atoms with Crippen LogP contribution in [0.3, 0.4) is 0 Å². The van der Waals surface area contributed by atoms with Crippen molar-refractivity contribution in [3.63, 3.8) is 0 Å². The topological polar surface area (TPSA) is 76.4 Å². The number of carbonyl (C=O) groups is 1. The van der Waals surface area contributed by atoms with Crippen molar-refractivity contribution < 1.29 is 14.6 Å². The van der Waals surface area contributed by atoms with E-state index < -0.39 is 0 Å². The molecule has 1 saturated heterocycles. The van der Waals surface area contributed by atoms with Gasteiger partial charge in [0.25, 0.3) is 0 Å². The number of rotatable bonds is 6. The number of hydrogen-bond acceptors (Lipinski definition) is 4. The number of imidazole rings is 1. The van der Waals surface area contributed by atoms with Crippen molar-refractivity contribution in [1.82, 2.24) is 14.9 Å². The SMILES string of the molecule is Cn1ccnc1[C@@H]1OCC[C@H]1C(=O)NCC1(CCO)CCCC1. The number of nitrogens with zero attached hydrogens (tertiary/aromatic N) is 2. The molecule has 1 aromatic heterocycles. The third-order valence-corrected chi connectivity index (χ3v) is 5.49. The molecule has 1 aromatic rings. The van der Waals surface area contributed by atoms with Gasteiger partial charge in [0.1, 0.15) is 11.9 Å². The van der Waals surface area contributed by atoms with E-state index in [1.54, 1.807) is 6.20 Å². The summed E-state index contributed by atoms with van der Waals surface area (Å²) in [7, 11) is 1.92. The van der Waals surface area contributed by atoms with Gasteiger partial charge in [-0.3, -0.25) is 4.79 Å². The summed E-state index contributed by atoms with van der Waals surface area (Å²) in [5.41, 5.74) is 0.0859. The molecular weight excluding hydrogens is 294 g/mol. The first-order chi connectivity index (χ1) is 11.2. The summed E-state index contributed by atoms with van der Waals surface area (Å²) in [6, 6.07) is 0. The van der Waals surface area contributed by atoms with Crippen LogP contribution in [0, 0.1) is 11.3 Å². The first-order valence-electron chi connectivity index (χ1n) is 8.63. The summed E-state index contributed by atoms with van der Waals surface area (Å²) < 4.78 is 7.69. The summed E-state index contributed by atoms with van der Waals surface area (Å²) in [6.45, 7) is 1.45. The first kappa shape index (κ1) is 16.5. The van der Waals surface area contributed by atoms with Crippen molar-refractivity contribution in [3.05, 3.63) is 18.2 Å². The largest absolute Gasteiger partial charge is 0.396 e. The quantitative estimate of drug-likeness (QED) is 0.833. The number of carbonyl (C=O) groups excluding carboxylic acids is 1. The molecule has 0 radical (unpaired) electrons. The van der Waals surface area contributed by atoms with Gasteiger partial charge >= 0.3 is 0 Å². The first-order valence-corrected chi connectivity index (χ1v) is 8.63. The standard InChI is InChI=1S/C17H27N3O3/c1-20-9-8-18-15(20)14-13(4-11-23-14)16(22)19-12-17(7-10-21)5-2-3-6-17/h8-9,13-14,21H,2-7,10-12H2,1H3,(H,19,22)/t13-,14-/m1/s1. The number of aryl methyl sites for hydroxylation is 1. The molecule has 2 fully saturated rings. The van der Waals surface area contributed by atoms with E-state index in [4.69, 9.17) is 4.74 Å². The van der Waals surface area contributed by atoms with Gasteiger partial charge in [0.15, 0.2) is 0 Å². The molecule has 2 aliphatic rings. The molecule has 3 rings (SSSR count). The van der Waals surface area contributed by atoms with Crippen molar-refractivity contribution in [2.24, 2.45) is 18.4 Å². The highest BCUT2D eigenvalue weighted by atomic mass is 16.5. The highest BCUT2D eigenvalue weighted by Crippen LogP contribution is 2.40. The normalized spacial score (nSPS) is 26.5. The van der Waals surface area contributed by atoms with Crippen LogP contribution in [0.15, 0.2) is 12.4 Å². The van der Waals surface area contributed by atoms with Crippen LogP contribution in [0.2, 0.25) is 0 Å². The van der Waals surface area contributed by atoms with E-state index >= 15 is 0 Å². The molecule has 2 atom stereocenters. The third-order valence-electron chi connectivity index (χ3n) is 5.49. The summed E-state index contributed by atoms with van der Waals surface area (Å²) in [5, 5.41) is 12.5. The Hall–Kier alpha value is -1.40. The maximum absolute atomic E-state index is 12.7. The van der Waals surface area contributed by atoms with Crippen molar-refractivity contribution >= 4 is 5.91 Å². The lowest BCUT2D eigenvalue weighted by Crippen LogP contribution is -2.40. The van der Waals surface area contributed by atoms with E-state index in [2.05, 4.69) is 10.3 Å². The maximum Gasteiger partial charge on any atom is 0.226 e. The molecule has 2 heterocycles. The average molecular weight is 321 g/mol. The lowest BCUT2D eigenvalue weighted by molar-refractivity contribution is -0.127. The minimum absolute atomic E-state index is 0.0553. The van der Waals surface area contributed by atoms with Gasteiger partial charge < -0.3 is 19.7 Å². The highest BCUT2D eigenvalue weighted by Gasteiger charge is 2.39. The maximum atomic E-state index is 12.7. The van der Waals surface area contributed by atoms with Crippen molar-refractivity contribution in [1.29, 1.82) is 0 Å². The van der Waals surface area contributed by atoms with Crippen LogP contribution in [0.25, 0.3) is 0 Å². The predicted molar refractivity (Wildman–Crippen MR) is 85.6 cm³/mol. The molecule has 0 aromatic carbocycles. The van der Waals surface area contributed by atoms with E-state index in [1.807, 2.05) is 17.8 Å². The molecule has 23 heavy (non-hydrogen) atoms. The Labute approximate surface area is 137 Å². The molecule has 128 valence electrons. The zero-order valence-electron chi connectivity index (χ0n) is 13.8. The smallest absolute Gasteiger partial charge is 0.226 e. The molecule has 1 saturated carbocycles. The Morgan fingerprint density at radius 3 is 2.96 bits per heavy atom. The van der Waals surface area contributed by atoms with E-state index in [-0.39, 0.29) is 30.0 Å². The molecule has 1 aliphatic heterocycles. The number of aromatic nitrogens is 2. The number of aliphatic hydroxyl groups is 1.